The Labute approximate surface area is 67.7 Å². The normalized spacial score (nSPS) is 26.0. The molecule has 2 nitrogen and oxygen atoms in total. The number of aliphatic imine (C=N–C) groups is 1. The molecule has 0 saturated carbocycles. The van der Waals surface area contributed by atoms with Crippen molar-refractivity contribution in [2.24, 2.45) is 4.99 Å². The highest BCUT2D eigenvalue weighted by Crippen LogP contribution is 2.13. The van der Waals surface area contributed by atoms with E-state index in [4.69, 9.17) is 0 Å². The third-order valence-electron chi connectivity index (χ3n) is 1.77. The molecule has 0 amide bonds. The van der Waals surface area contributed by atoms with Crippen molar-refractivity contribution in [1.29, 1.82) is 0 Å². The Morgan fingerprint density at radius 1 is 1.27 bits per heavy atom. The van der Waals surface area contributed by atoms with Crippen molar-refractivity contribution >= 4 is 6.21 Å². The van der Waals surface area contributed by atoms with E-state index in [1.807, 2.05) is 13.1 Å². The first kappa shape index (κ1) is 8.21. The van der Waals surface area contributed by atoms with Crippen molar-refractivity contribution in [3.8, 4) is 0 Å². The van der Waals surface area contributed by atoms with Crippen molar-refractivity contribution in [2.45, 2.75) is 13.8 Å². The molecule has 0 bridgehead atoms. The molecule has 11 heavy (non-hydrogen) atoms. The van der Waals surface area contributed by atoms with E-state index in [1.54, 1.807) is 6.21 Å². The third-order valence-corrected chi connectivity index (χ3v) is 1.77. The summed E-state index contributed by atoms with van der Waals surface area (Å²) in [5.74, 6) is 0. The lowest BCUT2D eigenvalue weighted by Crippen LogP contribution is -2.04. The van der Waals surface area contributed by atoms with Gasteiger partial charge in [0.25, 0.3) is 0 Å². The summed E-state index contributed by atoms with van der Waals surface area (Å²) in [6, 6.07) is 0. The van der Waals surface area contributed by atoms with E-state index >= 15 is 0 Å². The molecule has 1 heterocycles. The van der Waals surface area contributed by atoms with E-state index in [-0.39, 0.29) is 0 Å². The van der Waals surface area contributed by atoms with Crippen molar-refractivity contribution in [2.75, 3.05) is 13.1 Å². The zero-order valence-electron chi connectivity index (χ0n) is 7.09. The number of hydrogen-bond acceptors (Lipinski definition) is 2. The van der Waals surface area contributed by atoms with E-state index in [0.29, 0.717) is 0 Å². The highest BCUT2D eigenvalue weighted by molar-refractivity contribution is 5.55. The molecule has 0 aromatic rings. The van der Waals surface area contributed by atoms with Crippen LogP contribution < -0.4 is 5.32 Å². The van der Waals surface area contributed by atoms with Crippen LogP contribution in [0.15, 0.2) is 28.4 Å². The fourth-order valence-corrected chi connectivity index (χ4v) is 1.14. The fraction of sp³-hybridized carbons (Fsp3) is 0.444. The van der Waals surface area contributed by atoms with Crippen LogP contribution in [0.4, 0.5) is 0 Å². The first-order valence-electron chi connectivity index (χ1n) is 3.91. The smallest absolute Gasteiger partial charge is 0.0311 e. The fourth-order valence-electron chi connectivity index (χ4n) is 1.14. The van der Waals surface area contributed by atoms with Gasteiger partial charge in [0, 0.05) is 25.5 Å². The number of hydrogen-bond donors (Lipinski definition) is 1. The van der Waals surface area contributed by atoms with Gasteiger partial charge in [-0.3, -0.25) is 4.99 Å². The molecule has 1 aliphatic rings. The molecule has 1 rings (SSSR count). The standard InChI is InChI=1S/C9H14N2/c1-3-8-5-11-7-9(8)6-10-4-2/h3-4,6,11H,5,7H2,1-2H3/b8-3-,9-6-,10-4?. The van der Waals surface area contributed by atoms with Crippen LogP contribution in [0, 0.1) is 0 Å². The lowest BCUT2D eigenvalue weighted by molar-refractivity contribution is 0.894. The van der Waals surface area contributed by atoms with Crippen LogP contribution in [0.3, 0.4) is 0 Å². The molecule has 0 aliphatic carbocycles. The molecular formula is C9H14N2. The Morgan fingerprint density at radius 3 is 2.64 bits per heavy atom. The summed E-state index contributed by atoms with van der Waals surface area (Å²) >= 11 is 0. The molecule has 0 atom stereocenters. The van der Waals surface area contributed by atoms with E-state index in [0.717, 1.165) is 13.1 Å². The van der Waals surface area contributed by atoms with Crippen LogP contribution in [0.25, 0.3) is 0 Å². The number of nitrogens with one attached hydrogen (secondary N) is 1. The lowest BCUT2D eigenvalue weighted by Gasteiger charge is -1.93. The topological polar surface area (TPSA) is 24.4 Å². The minimum atomic E-state index is 0.955. The molecule has 1 N–H and O–H groups in total. The second-order valence-corrected chi connectivity index (χ2v) is 2.48. The van der Waals surface area contributed by atoms with Crippen LogP contribution >= 0.6 is 0 Å². The van der Waals surface area contributed by atoms with Gasteiger partial charge in [0.15, 0.2) is 0 Å². The van der Waals surface area contributed by atoms with Gasteiger partial charge in [-0.05, 0) is 25.0 Å². The van der Waals surface area contributed by atoms with Gasteiger partial charge in [0.2, 0.25) is 0 Å². The molecule has 0 radical (unpaired) electrons. The van der Waals surface area contributed by atoms with Gasteiger partial charge in [-0.25, -0.2) is 0 Å². The van der Waals surface area contributed by atoms with Gasteiger partial charge in [0.05, 0.1) is 0 Å². The summed E-state index contributed by atoms with van der Waals surface area (Å²) in [6.45, 7) is 5.93. The van der Waals surface area contributed by atoms with Crippen LogP contribution in [0.5, 0.6) is 0 Å². The summed E-state index contributed by atoms with van der Waals surface area (Å²) in [5.41, 5.74) is 2.68. The van der Waals surface area contributed by atoms with E-state index < -0.39 is 0 Å². The molecule has 0 spiro atoms. The van der Waals surface area contributed by atoms with E-state index in [9.17, 15) is 0 Å². The minimum absolute atomic E-state index is 0.955. The second-order valence-electron chi connectivity index (χ2n) is 2.48. The summed E-state index contributed by atoms with van der Waals surface area (Å²) in [6.07, 6.45) is 5.87. The molecule has 60 valence electrons. The van der Waals surface area contributed by atoms with Gasteiger partial charge in [-0.1, -0.05) is 6.08 Å². The number of allylic oxidation sites excluding steroid dienone is 1. The van der Waals surface area contributed by atoms with Crippen LogP contribution in [0.2, 0.25) is 0 Å². The minimum Gasteiger partial charge on any atom is -0.309 e. The quantitative estimate of drug-likeness (QED) is 0.563. The molecule has 1 aliphatic heterocycles. The SMILES string of the molecule is CC=N/C=C1/CNC/C1=C/C. The molecular weight excluding hydrogens is 136 g/mol. The lowest BCUT2D eigenvalue weighted by atomic mass is 10.1. The zero-order chi connectivity index (χ0) is 8.10. The summed E-state index contributed by atoms with van der Waals surface area (Å²) in [7, 11) is 0. The first-order chi connectivity index (χ1) is 5.38. The highest BCUT2D eigenvalue weighted by Gasteiger charge is 2.10. The average molecular weight is 150 g/mol. The average Bonchev–Trinajstić information content (AvgIpc) is 2.47. The summed E-state index contributed by atoms with van der Waals surface area (Å²) in [4.78, 5) is 4.08. The van der Waals surface area contributed by atoms with Gasteiger partial charge in [-0.15, -0.1) is 0 Å². The monoisotopic (exact) mass is 150 g/mol. The molecule has 2 heteroatoms. The first-order valence-corrected chi connectivity index (χ1v) is 3.91. The summed E-state index contributed by atoms with van der Waals surface area (Å²) < 4.78 is 0. The van der Waals surface area contributed by atoms with Gasteiger partial charge in [0.1, 0.15) is 0 Å². The third kappa shape index (κ3) is 2.02. The predicted molar refractivity (Wildman–Crippen MR) is 48.9 cm³/mol. The van der Waals surface area contributed by atoms with Crippen LogP contribution in [0.1, 0.15) is 13.8 Å². The Kier molecular flexibility index (Phi) is 3.05. The Morgan fingerprint density at radius 2 is 2.00 bits per heavy atom. The van der Waals surface area contributed by atoms with Crippen molar-refractivity contribution in [3.63, 3.8) is 0 Å². The van der Waals surface area contributed by atoms with Crippen molar-refractivity contribution in [1.82, 2.24) is 5.32 Å². The Balaban J connectivity index is 2.71. The Bertz CT molecular complexity index is 212. The molecule has 0 aromatic carbocycles. The Hall–Kier alpha value is -0.890. The van der Waals surface area contributed by atoms with Gasteiger partial charge in [-0.2, -0.15) is 0 Å². The number of rotatable bonds is 1. The maximum absolute atomic E-state index is 4.08. The summed E-state index contributed by atoms with van der Waals surface area (Å²) in [5, 5.41) is 3.27. The maximum Gasteiger partial charge on any atom is 0.0311 e. The van der Waals surface area contributed by atoms with E-state index in [1.165, 1.54) is 11.1 Å². The number of nitrogens with zero attached hydrogens (tertiary/aromatic N) is 1. The molecule has 0 unspecified atom stereocenters. The molecule has 1 fully saturated rings. The largest absolute Gasteiger partial charge is 0.309 e. The van der Waals surface area contributed by atoms with Crippen LogP contribution in [-0.2, 0) is 0 Å². The maximum atomic E-state index is 4.08. The van der Waals surface area contributed by atoms with E-state index in [2.05, 4.69) is 23.3 Å². The molecule has 1 saturated heterocycles. The van der Waals surface area contributed by atoms with Gasteiger partial charge >= 0.3 is 0 Å². The zero-order valence-corrected chi connectivity index (χ0v) is 7.09. The van der Waals surface area contributed by atoms with Gasteiger partial charge < -0.3 is 5.32 Å². The predicted octanol–water partition coefficient (Wildman–Crippen LogP) is 1.51. The second kappa shape index (κ2) is 4.09. The van der Waals surface area contributed by atoms with Crippen LogP contribution in [-0.4, -0.2) is 19.3 Å². The molecule has 0 aromatic heterocycles. The highest BCUT2D eigenvalue weighted by atomic mass is 14.9. The van der Waals surface area contributed by atoms with Crippen molar-refractivity contribution in [3.05, 3.63) is 23.4 Å². The van der Waals surface area contributed by atoms with Crippen molar-refractivity contribution < 1.29 is 0 Å².